The Kier molecular flexibility index (Phi) is 3.47. The monoisotopic (exact) mass is 230 g/mol. The molecular formula is C13H14N2S. The summed E-state index contributed by atoms with van der Waals surface area (Å²) in [5, 5.41) is 1.09. The number of aromatic nitrogens is 1. The molecule has 0 N–H and O–H groups in total. The van der Waals surface area contributed by atoms with Gasteiger partial charge in [0.05, 0.1) is 0 Å². The van der Waals surface area contributed by atoms with Crippen molar-refractivity contribution >= 4 is 22.7 Å². The van der Waals surface area contributed by atoms with Crippen LogP contribution in [0.3, 0.4) is 0 Å². The maximum Gasteiger partial charge on any atom is 0.139 e. The van der Waals surface area contributed by atoms with Crippen LogP contribution in [0.4, 0.5) is 5.00 Å². The highest BCUT2D eigenvalue weighted by Crippen LogP contribution is 2.27. The fourth-order valence-electron chi connectivity index (χ4n) is 1.36. The smallest absolute Gasteiger partial charge is 0.139 e. The van der Waals surface area contributed by atoms with Crippen molar-refractivity contribution in [1.29, 1.82) is 0 Å². The first-order valence-corrected chi connectivity index (χ1v) is 6.02. The van der Waals surface area contributed by atoms with E-state index in [9.17, 15) is 0 Å². The molecule has 82 valence electrons. The van der Waals surface area contributed by atoms with Crippen molar-refractivity contribution in [1.82, 2.24) is 4.37 Å². The Morgan fingerprint density at radius 1 is 1.06 bits per heavy atom. The third-order valence-electron chi connectivity index (χ3n) is 2.36. The molecule has 2 heterocycles. The molecule has 0 saturated heterocycles. The van der Waals surface area contributed by atoms with Gasteiger partial charge in [-0.25, -0.2) is 4.99 Å². The molecule has 0 unspecified atom stereocenters. The van der Waals surface area contributed by atoms with E-state index in [-0.39, 0.29) is 0 Å². The van der Waals surface area contributed by atoms with Crippen LogP contribution < -0.4 is 0 Å². The molecule has 3 heteroatoms. The van der Waals surface area contributed by atoms with Crippen LogP contribution in [0, 0.1) is 13.8 Å². The highest BCUT2D eigenvalue weighted by Gasteiger charge is 2.06. The number of fused-ring (bicyclic) bond motifs is 1. The number of rotatable bonds is 0. The van der Waals surface area contributed by atoms with Gasteiger partial charge in [-0.15, -0.1) is 0 Å². The highest BCUT2D eigenvalue weighted by atomic mass is 32.1. The van der Waals surface area contributed by atoms with Gasteiger partial charge in [0.2, 0.25) is 0 Å². The first-order valence-electron chi connectivity index (χ1n) is 5.25. The standard InChI is InChI=1S/C8H10.C5H4N2S/c1-7-3-5-8(2)6-4-7;1-2-6-5-4(1)3-7-8-5/h3-6H,1-2H3;2-3H,1H2. The molecule has 0 saturated carbocycles. The lowest BCUT2D eigenvalue weighted by Crippen LogP contribution is -1.71. The molecule has 1 aromatic carbocycles. The van der Waals surface area contributed by atoms with E-state index in [1.165, 1.54) is 28.2 Å². The van der Waals surface area contributed by atoms with Gasteiger partial charge in [-0.3, -0.25) is 0 Å². The highest BCUT2D eigenvalue weighted by molar-refractivity contribution is 7.10. The Morgan fingerprint density at radius 3 is 2.25 bits per heavy atom. The summed E-state index contributed by atoms with van der Waals surface area (Å²) in [5.74, 6) is 0. The van der Waals surface area contributed by atoms with Crippen LogP contribution in [0.15, 0.2) is 35.5 Å². The lowest BCUT2D eigenvalue weighted by molar-refractivity contribution is 1.40. The molecule has 0 bridgehead atoms. The summed E-state index contributed by atoms with van der Waals surface area (Å²) in [4.78, 5) is 4.09. The summed E-state index contributed by atoms with van der Waals surface area (Å²) in [6.45, 7) is 4.19. The minimum Gasteiger partial charge on any atom is -0.248 e. The van der Waals surface area contributed by atoms with E-state index >= 15 is 0 Å². The lowest BCUT2D eigenvalue weighted by atomic mass is 10.2. The van der Waals surface area contributed by atoms with Gasteiger partial charge in [0.25, 0.3) is 0 Å². The second-order valence-electron chi connectivity index (χ2n) is 3.83. The van der Waals surface area contributed by atoms with Crippen LogP contribution in [0.25, 0.3) is 0 Å². The van der Waals surface area contributed by atoms with Crippen LogP contribution in [-0.4, -0.2) is 10.6 Å². The van der Waals surface area contributed by atoms with E-state index < -0.39 is 0 Å². The molecule has 2 aromatic rings. The predicted octanol–water partition coefficient (Wildman–Crippen LogP) is 3.70. The number of benzene rings is 1. The largest absolute Gasteiger partial charge is 0.248 e. The summed E-state index contributed by atoms with van der Waals surface area (Å²) < 4.78 is 3.97. The summed E-state index contributed by atoms with van der Waals surface area (Å²) in [6, 6.07) is 8.48. The van der Waals surface area contributed by atoms with Crippen LogP contribution in [0.2, 0.25) is 0 Å². The number of aliphatic imine (C=N–C) groups is 1. The fourth-order valence-corrected chi connectivity index (χ4v) is 2.02. The van der Waals surface area contributed by atoms with E-state index in [4.69, 9.17) is 0 Å². The van der Waals surface area contributed by atoms with Crippen molar-refractivity contribution in [3.63, 3.8) is 0 Å². The molecule has 0 aliphatic carbocycles. The number of hydrogen-bond donors (Lipinski definition) is 0. The van der Waals surface area contributed by atoms with Crippen molar-refractivity contribution < 1.29 is 0 Å². The second kappa shape index (κ2) is 5.03. The molecule has 0 fully saturated rings. The van der Waals surface area contributed by atoms with Gasteiger partial charge in [-0.05, 0) is 25.4 Å². The Labute approximate surface area is 99.8 Å². The average molecular weight is 230 g/mol. The third kappa shape index (κ3) is 2.76. The Hall–Kier alpha value is -1.48. The number of nitrogens with zero attached hydrogens (tertiary/aromatic N) is 2. The molecule has 0 amide bonds. The molecule has 16 heavy (non-hydrogen) atoms. The summed E-state index contributed by atoms with van der Waals surface area (Å²) in [6.07, 6.45) is 4.78. The molecular weight excluding hydrogens is 216 g/mol. The Bertz CT molecular complexity index is 462. The predicted molar refractivity (Wildman–Crippen MR) is 69.9 cm³/mol. The van der Waals surface area contributed by atoms with Gasteiger partial charge in [-0.1, -0.05) is 35.4 Å². The Morgan fingerprint density at radius 2 is 1.69 bits per heavy atom. The minimum atomic E-state index is 0.978. The van der Waals surface area contributed by atoms with E-state index in [0.717, 1.165) is 11.4 Å². The molecule has 0 atom stereocenters. The van der Waals surface area contributed by atoms with Crippen LogP contribution >= 0.6 is 11.5 Å². The summed E-state index contributed by atoms with van der Waals surface area (Å²) in [5.41, 5.74) is 3.93. The first-order chi connectivity index (χ1) is 7.75. The first kappa shape index (κ1) is 11.0. The molecule has 1 aliphatic rings. The lowest BCUT2D eigenvalue weighted by Gasteiger charge is -1.90. The Balaban J connectivity index is 0.000000120. The van der Waals surface area contributed by atoms with Crippen LogP contribution in [-0.2, 0) is 6.42 Å². The third-order valence-corrected chi connectivity index (χ3v) is 3.11. The van der Waals surface area contributed by atoms with Crippen molar-refractivity contribution in [3.8, 4) is 0 Å². The average Bonchev–Trinajstić information content (AvgIpc) is 2.85. The van der Waals surface area contributed by atoms with E-state index in [1.807, 2.05) is 12.4 Å². The second-order valence-corrected chi connectivity index (χ2v) is 4.61. The molecule has 0 radical (unpaired) electrons. The van der Waals surface area contributed by atoms with Crippen molar-refractivity contribution in [3.05, 3.63) is 47.2 Å². The van der Waals surface area contributed by atoms with E-state index in [0.29, 0.717) is 0 Å². The molecule has 0 spiro atoms. The van der Waals surface area contributed by atoms with Crippen molar-refractivity contribution in [2.75, 3.05) is 0 Å². The van der Waals surface area contributed by atoms with Gasteiger partial charge in [0.1, 0.15) is 5.00 Å². The van der Waals surface area contributed by atoms with Gasteiger partial charge in [-0.2, -0.15) is 4.37 Å². The maximum absolute atomic E-state index is 4.09. The number of aryl methyl sites for hydroxylation is 2. The van der Waals surface area contributed by atoms with Gasteiger partial charge < -0.3 is 0 Å². The van der Waals surface area contributed by atoms with Crippen LogP contribution in [0.5, 0.6) is 0 Å². The van der Waals surface area contributed by atoms with Crippen molar-refractivity contribution in [2.24, 2.45) is 4.99 Å². The summed E-state index contributed by atoms with van der Waals surface area (Å²) in [7, 11) is 0. The maximum atomic E-state index is 4.09. The molecule has 3 rings (SSSR count). The van der Waals surface area contributed by atoms with Crippen molar-refractivity contribution in [2.45, 2.75) is 20.3 Å². The summed E-state index contributed by atoms with van der Waals surface area (Å²) >= 11 is 1.46. The molecule has 1 aliphatic heterocycles. The van der Waals surface area contributed by atoms with Gasteiger partial charge in [0.15, 0.2) is 0 Å². The zero-order chi connectivity index (χ0) is 11.4. The normalized spacial score (nSPS) is 11.9. The van der Waals surface area contributed by atoms with E-state index in [1.54, 1.807) is 0 Å². The van der Waals surface area contributed by atoms with E-state index in [2.05, 4.69) is 47.5 Å². The fraction of sp³-hybridized carbons (Fsp3) is 0.231. The quantitative estimate of drug-likeness (QED) is 0.677. The molecule has 1 aromatic heterocycles. The SMILES string of the molecule is C1=Nc2sncc2C1.Cc1ccc(C)cc1. The zero-order valence-corrected chi connectivity index (χ0v) is 10.3. The van der Waals surface area contributed by atoms with Crippen LogP contribution in [0.1, 0.15) is 16.7 Å². The minimum absolute atomic E-state index is 0.978. The molecule has 2 nitrogen and oxygen atoms in total. The topological polar surface area (TPSA) is 25.2 Å². The van der Waals surface area contributed by atoms with Gasteiger partial charge in [0, 0.05) is 24.4 Å². The number of hydrogen-bond acceptors (Lipinski definition) is 3. The van der Waals surface area contributed by atoms with Gasteiger partial charge >= 0.3 is 0 Å². The zero-order valence-electron chi connectivity index (χ0n) is 9.47.